The van der Waals surface area contributed by atoms with Crippen molar-refractivity contribution in [2.75, 3.05) is 0 Å². The summed E-state index contributed by atoms with van der Waals surface area (Å²) in [7, 11) is 0. The normalized spacial score (nSPS) is 9.08. The quantitative estimate of drug-likeness (QED) is 0.706. The number of hydrogen-bond acceptors (Lipinski definition) is 1. The van der Waals surface area contributed by atoms with Gasteiger partial charge in [0, 0.05) is 1.43 Å². The number of imidazole rings is 1. The molecule has 2 heteroatoms. The third-order valence-electron chi connectivity index (χ3n) is 1.28. The van der Waals surface area contributed by atoms with Crippen LogP contribution >= 0.6 is 0 Å². The zero-order valence-electron chi connectivity index (χ0n) is 8.25. The summed E-state index contributed by atoms with van der Waals surface area (Å²) in [5, 5.41) is 0. The summed E-state index contributed by atoms with van der Waals surface area (Å²) in [6, 6.07) is 0. The Morgan fingerprint density at radius 3 is 2.77 bits per heavy atom. The van der Waals surface area contributed by atoms with E-state index in [0.717, 1.165) is 11.3 Å². The molecule has 2 nitrogen and oxygen atoms in total. The summed E-state index contributed by atoms with van der Waals surface area (Å²) in [4.78, 5) is 6.82. The SMILES string of the molecule is C=C/C=C\C(=C)c1cnc[nH]1.CC.[HH]. The number of aromatic nitrogens is 2. The highest BCUT2D eigenvalue weighted by atomic mass is 14.9. The summed E-state index contributed by atoms with van der Waals surface area (Å²) in [5.41, 5.74) is 1.84. The fourth-order valence-electron chi connectivity index (χ4n) is 0.705. The highest BCUT2D eigenvalue weighted by Crippen LogP contribution is 2.08. The Bertz CT molecular complexity index is 273. The van der Waals surface area contributed by atoms with Crippen LogP contribution in [0, 0.1) is 0 Å². The van der Waals surface area contributed by atoms with E-state index in [4.69, 9.17) is 0 Å². The van der Waals surface area contributed by atoms with Crippen LogP contribution in [-0.4, -0.2) is 9.97 Å². The Balaban J connectivity index is 0. The molecule has 1 aromatic rings. The van der Waals surface area contributed by atoms with Gasteiger partial charge in [-0.1, -0.05) is 45.2 Å². The molecule has 13 heavy (non-hydrogen) atoms. The maximum Gasteiger partial charge on any atom is 0.0924 e. The summed E-state index contributed by atoms with van der Waals surface area (Å²) in [5.74, 6) is 0. The van der Waals surface area contributed by atoms with E-state index in [2.05, 4.69) is 23.1 Å². The molecule has 1 aromatic heterocycles. The Labute approximate surface area is 81.2 Å². The van der Waals surface area contributed by atoms with E-state index in [1.54, 1.807) is 18.6 Å². The van der Waals surface area contributed by atoms with Gasteiger partial charge in [0.2, 0.25) is 0 Å². The van der Waals surface area contributed by atoms with Crippen LogP contribution in [0.25, 0.3) is 5.57 Å². The smallest absolute Gasteiger partial charge is 0.0924 e. The molecule has 0 bridgehead atoms. The van der Waals surface area contributed by atoms with Crippen molar-refractivity contribution < 1.29 is 1.43 Å². The number of hydrogen-bond donors (Lipinski definition) is 1. The van der Waals surface area contributed by atoms with Crippen molar-refractivity contribution in [1.82, 2.24) is 9.97 Å². The molecule has 0 amide bonds. The van der Waals surface area contributed by atoms with E-state index in [1.807, 2.05) is 26.0 Å². The monoisotopic (exact) mass is 178 g/mol. The number of nitrogens with one attached hydrogen (secondary N) is 1. The van der Waals surface area contributed by atoms with Gasteiger partial charge in [-0.2, -0.15) is 0 Å². The van der Waals surface area contributed by atoms with Crippen LogP contribution in [0.4, 0.5) is 0 Å². The zero-order chi connectivity index (χ0) is 10.1. The number of rotatable bonds is 3. The summed E-state index contributed by atoms with van der Waals surface area (Å²) < 4.78 is 0. The zero-order valence-corrected chi connectivity index (χ0v) is 8.25. The lowest BCUT2D eigenvalue weighted by Crippen LogP contribution is -1.75. The summed E-state index contributed by atoms with van der Waals surface area (Å²) >= 11 is 0. The molecule has 0 aliphatic rings. The van der Waals surface area contributed by atoms with Crippen molar-refractivity contribution in [3.63, 3.8) is 0 Å². The Kier molecular flexibility index (Phi) is 6.24. The maximum absolute atomic E-state index is 3.88. The van der Waals surface area contributed by atoms with Crippen LogP contribution in [0.3, 0.4) is 0 Å². The van der Waals surface area contributed by atoms with Gasteiger partial charge in [0.25, 0.3) is 0 Å². The van der Waals surface area contributed by atoms with E-state index in [0.29, 0.717) is 0 Å². The predicted molar refractivity (Wildman–Crippen MR) is 60.4 cm³/mol. The number of aromatic amines is 1. The molecule has 0 aliphatic heterocycles. The average Bonchev–Trinajstić information content (AvgIpc) is 2.70. The van der Waals surface area contributed by atoms with E-state index in [9.17, 15) is 0 Å². The molecular weight excluding hydrogens is 160 g/mol. The van der Waals surface area contributed by atoms with Crippen LogP contribution in [-0.2, 0) is 0 Å². The third-order valence-corrected chi connectivity index (χ3v) is 1.28. The topological polar surface area (TPSA) is 28.7 Å². The minimum atomic E-state index is 0. The van der Waals surface area contributed by atoms with E-state index >= 15 is 0 Å². The van der Waals surface area contributed by atoms with Crippen molar-refractivity contribution in [3.8, 4) is 0 Å². The molecule has 1 heterocycles. The second kappa shape index (κ2) is 7.10. The highest BCUT2D eigenvalue weighted by molar-refractivity contribution is 5.69. The van der Waals surface area contributed by atoms with Crippen LogP contribution in [0.5, 0.6) is 0 Å². The van der Waals surface area contributed by atoms with Gasteiger partial charge in [0.15, 0.2) is 0 Å². The summed E-state index contributed by atoms with van der Waals surface area (Å²) in [6.45, 7) is 11.4. The van der Waals surface area contributed by atoms with Crippen LogP contribution in [0.2, 0.25) is 0 Å². The molecule has 1 rings (SSSR count). The highest BCUT2D eigenvalue weighted by Gasteiger charge is 1.92. The van der Waals surface area contributed by atoms with E-state index in [1.165, 1.54) is 0 Å². The van der Waals surface area contributed by atoms with Crippen molar-refractivity contribution in [2.24, 2.45) is 0 Å². The first kappa shape index (κ1) is 11.4. The molecule has 0 saturated heterocycles. The van der Waals surface area contributed by atoms with Crippen LogP contribution in [0.1, 0.15) is 21.0 Å². The second-order valence-corrected chi connectivity index (χ2v) is 2.09. The fourth-order valence-corrected chi connectivity index (χ4v) is 0.705. The lowest BCUT2D eigenvalue weighted by Gasteiger charge is -1.91. The van der Waals surface area contributed by atoms with Crippen molar-refractivity contribution in [1.29, 1.82) is 0 Å². The molecule has 0 unspecified atom stereocenters. The first-order valence-corrected chi connectivity index (χ1v) is 4.31. The van der Waals surface area contributed by atoms with Gasteiger partial charge in [-0.25, -0.2) is 4.98 Å². The minimum Gasteiger partial charge on any atom is -0.345 e. The van der Waals surface area contributed by atoms with Gasteiger partial charge in [0.05, 0.1) is 18.2 Å². The van der Waals surface area contributed by atoms with Crippen LogP contribution < -0.4 is 0 Å². The lowest BCUT2D eigenvalue weighted by atomic mass is 10.2. The molecule has 0 atom stereocenters. The van der Waals surface area contributed by atoms with Crippen molar-refractivity contribution in [2.45, 2.75) is 13.8 Å². The predicted octanol–water partition coefficient (Wildman–Crippen LogP) is 3.44. The largest absolute Gasteiger partial charge is 0.345 e. The molecule has 72 valence electrons. The number of nitrogens with zero attached hydrogens (tertiary/aromatic N) is 1. The van der Waals surface area contributed by atoms with Gasteiger partial charge in [0.1, 0.15) is 0 Å². The summed E-state index contributed by atoms with van der Waals surface area (Å²) in [6.07, 6.45) is 8.78. The van der Waals surface area contributed by atoms with E-state index in [-0.39, 0.29) is 1.43 Å². The van der Waals surface area contributed by atoms with Crippen molar-refractivity contribution >= 4 is 5.57 Å². The van der Waals surface area contributed by atoms with Gasteiger partial charge < -0.3 is 4.98 Å². The van der Waals surface area contributed by atoms with Gasteiger partial charge >= 0.3 is 0 Å². The molecule has 0 fully saturated rings. The Hall–Kier alpha value is -1.57. The lowest BCUT2D eigenvalue weighted by molar-refractivity contribution is 1.30. The van der Waals surface area contributed by atoms with Crippen molar-refractivity contribution in [3.05, 3.63) is 49.6 Å². The first-order chi connectivity index (χ1) is 6.34. The van der Waals surface area contributed by atoms with Crippen LogP contribution in [0.15, 0.2) is 43.9 Å². The van der Waals surface area contributed by atoms with Gasteiger partial charge in [-0.3, -0.25) is 0 Å². The molecule has 0 aromatic carbocycles. The molecule has 0 saturated carbocycles. The minimum absolute atomic E-state index is 0. The molecule has 0 radical (unpaired) electrons. The van der Waals surface area contributed by atoms with Gasteiger partial charge in [-0.15, -0.1) is 0 Å². The number of H-pyrrole nitrogens is 1. The first-order valence-electron chi connectivity index (χ1n) is 4.31. The molecular formula is C11H18N2. The van der Waals surface area contributed by atoms with E-state index < -0.39 is 0 Å². The Morgan fingerprint density at radius 1 is 1.62 bits per heavy atom. The Morgan fingerprint density at radius 2 is 2.31 bits per heavy atom. The standard InChI is InChI=1S/C9H10N2.C2H6.H2/c1-3-4-5-8(2)9-6-10-7-11-9;1-2;/h3-7H,1-2H2,(H,10,11);1-2H3;1H/b5-4-;;. The molecule has 1 N–H and O–H groups in total. The third kappa shape index (κ3) is 4.11. The average molecular weight is 178 g/mol. The fraction of sp³-hybridized carbons (Fsp3) is 0.182. The van der Waals surface area contributed by atoms with Gasteiger partial charge in [-0.05, 0) is 5.57 Å². The maximum atomic E-state index is 3.88. The number of allylic oxidation sites excluding steroid dienone is 4. The molecule has 0 spiro atoms. The second-order valence-electron chi connectivity index (χ2n) is 2.09. The molecule has 0 aliphatic carbocycles.